The number of Topliss-reactive ketones (excluding diaryl/α,β-unsaturated/α-hetero) is 1. The van der Waals surface area contributed by atoms with E-state index < -0.39 is 0 Å². The third-order valence-corrected chi connectivity index (χ3v) is 1.85. The van der Waals surface area contributed by atoms with Gasteiger partial charge in [-0.1, -0.05) is 12.8 Å². The van der Waals surface area contributed by atoms with Crippen molar-refractivity contribution < 1.29 is 4.79 Å². The molecule has 0 aromatic heterocycles. The van der Waals surface area contributed by atoms with Gasteiger partial charge >= 0.3 is 0 Å². The Balaban J connectivity index is 2.41. The van der Waals surface area contributed by atoms with Crippen LogP contribution in [-0.4, -0.2) is 11.8 Å². The molecule has 1 rings (SSSR count). The normalized spacial score (nSPS) is 29.9. The second-order valence-corrected chi connectivity index (χ2v) is 2.67. The van der Waals surface area contributed by atoms with Gasteiger partial charge in [-0.15, -0.1) is 0 Å². The third kappa shape index (κ3) is 1.79. The summed E-state index contributed by atoms with van der Waals surface area (Å²) < 4.78 is 0. The number of ketones is 1. The van der Waals surface area contributed by atoms with Crippen LogP contribution in [0.25, 0.3) is 0 Å². The van der Waals surface area contributed by atoms with Crippen LogP contribution in [0.3, 0.4) is 0 Å². The summed E-state index contributed by atoms with van der Waals surface area (Å²) in [6.45, 7) is 0. The number of rotatable bonds is 0. The minimum Gasteiger partial charge on any atom is -0.322 e. The summed E-state index contributed by atoms with van der Waals surface area (Å²) in [5, 5.41) is 0. The Hall–Kier alpha value is -0.370. The minimum atomic E-state index is -0.146. The Morgan fingerprint density at radius 3 is 2.89 bits per heavy atom. The van der Waals surface area contributed by atoms with Crippen molar-refractivity contribution in [2.75, 3.05) is 0 Å². The molecule has 0 spiro atoms. The van der Waals surface area contributed by atoms with E-state index in [-0.39, 0.29) is 11.8 Å². The zero-order valence-electron chi connectivity index (χ0n) is 5.60. The summed E-state index contributed by atoms with van der Waals surface area (Å²) in [7, 11) is 0. The summed E-state index contributed by atoms with van der Waals surface area (Å²) in [6, 6.07) is -0.146. The van der Waals surface area contributed by atoms with Crippen LogP contribution in [0.5, 0.6) is 0 Å². The van der Waals surface area contributed by atoms with Crippen molar-refractivity contribution in [1.29, 1.82) is 0 Å². The summed E-state index contributed by atoms with van der Waals surface area (Å²) in [5.74, 6) is 0.257. The van der Waals surface area contributed by atoms with Crippen LogP contribution in [0, 0.1) is 0 Å². The van der Waals surface area contributed by atoms with E-state index in [1.807, 2.05) is 0 Å². The summed E-state index contributed by atoms with van der Waals surface area (Å²) in [5.41, 5.74) is 5.53. The van der Waals surface area contributed by atoms with Crippen molar-refractivity contribution in [2.24, 2.45) is 5.73 Å². The molecule has 1 atom stereocenters. The molecule has 0 radical (unpaired) electrons. The van der Waals surface area contributed by atoms with E-state index in [4.69, 9.17) is 5.73 Å². The lowest BCUT2D eigenvalue weighted by atomic mass is 10.1. The van der Waals surface area contributed by atoms with Crippen molar-refractivity contribution in [1.82, 2.24) is 0 Å². The zero-order valence-corrected chi connectivity index (χ0v) is 5.60. The van der Waals surface area contributed by atoms with Gasteiger partial charge in [-0.2, -0.15) is 0 Å². The molecule has 1 aliphatic carbocycles. The molecule has 9 heavy (non-hydrogen) atoms. The van der Waals surface area contributed by atoms with Crippen LogP contribution in [0.15, 0.2) is 0 Å². The molecular formula is C7H13NO. The van der Waals surface area contributed by atoms with Gasteiger partial charge in [0.2, 0.25) is 0 Å². The Bertz CT molecular complexity index is 111. The van der Waals surface area contributed by atoms with E-state index in [0.717, 1.165) is 19.3 Å². The molecule has 0 aromatic rings. The Morgan fingerprint density at radius 2 is 2.11 bits per heavy atom. The van der Waals surface area contributed by atoms with E-state index in [1.165, 1.54) is 6.42 Å². The SMILES string of the molecule is N[C@@H]1CCCCCC1=O. The fourth-order valence-corrected chi connectivity index (χ4v) is 1.19. The van der Waals surface area contributed by atoms with Gasteiger partial charge in [-0.3, -0.25) is 4.79 Å². The Kier molecular flexibility index (Phi) is 2.22. The lowest BCUT2D eigenvalue weighted by Crippen LogP contribution is -2.28. The molecule has 0 amide bonds. The van der Waals surface area contributed by atoms with Gasteiger partial charge in [0.1, 0.15) is 5.78 Å². The van der Waals surface area contributed by atoms with Crippen LogP contribution < -0.4 is 5.73 Å². The molecule has 2 N–H and O–H groups in total. The monoisotopic (exact) mass is 127 g/mol. The van der Waals surface area contributed by atoms with Crippen LogP contribution >= 0.6 is 0 Å². The maximum atomic E-state index is 10.9. The van der Waals surface area contributed by atoms with Crippen LogP contribution in [0.4, 0.5) is 0 Å². The standard InChI is InChI=1S/C7H13NO/c8-6-4-2-1-3-5-7(6)9/h6H,1-5,8H2/t6-/m1/s1. The third-order valence-electron chi connectivity index (χ3n) is 1.85. The molecule has 0 unspecified atom stereocenters. The predicted octanol–water partition coefficient (Wildman–Crippen LogP) is 0.847. The number of hydrogen-bond acceptors (Lipinski definition) is 2. The van der Waals surface area contributed by atoms with Crippen molar-refractivity contribution in [3.63, 3.8) is 0 Å². The topological polar surface area (TPSA) is 43.1 Å². The first-order chi connectivity index (χ1) is 4.30. The zero-order chi connectivity index (χ0) is 6.69. The van der Waals surface area contributed by atoms with Gasteiger partial charge < -0.3 is 5.73 Å². The Labute approximate surface area is 55.4 Å². The number of carbonyl (C=O) groups is 1. The number of carbonyl (C=O) groups excluding carboxylic acids is 1. The number of hydrogen-bond donors (Lipinski definition) is 1. The summed E-state index contributed by atoms with van der Waals surface area (Å²) in [6.07, 6.45) is 4.97. The van der Waals surface area contributed by atoms with E-state index in [1.54, 1.807) is 0 Å². The lowest BCUT2D eigenvalue weighted by molar-refractivity contribution is -0.120. The predicted molar refractivity (Wildman–Crippen MR) is 36.1 cm³/mol. The average molecular weight is 127 g/mol. The molecule has 2 nitrogen and oxygen atoms in total. The second kappa shape index (κ2) is 2.97. The molecule has 0 aromatic carbocycles. The summed E-state index contributed by atoms with van der Waals surface area (Å²) in [4.78, 5) is 10.9. The Morgan fingerprint density at radius 1 is 1.33 bits per heavy atom. The van der Waals surface area contributed by atoms with Crippen LogP contribution in [-0.2, 0) is 4.79 Å². The summed E-state index contributed by atoms with van der Waals surface area (Å²) >= 11 is 0. The second-order valence-electron chi connectivity index (χ2n) is 2.67. The highest BCUT2D eigenvalue weighted by molar-refractivity contribution is 5.83. The smallest absolute Gasteiger partial charge is 0.149 e. The fraction of sp³-hybridized carbons (Fsp3) is 0.857. The first kappa shape index (κ1) is 6.75. The fourth-order valence-electron chi connectivity index (χ4n) is 1.19. The van der Waals surface area contributed by atoms with Crippen molar-refractivity contribution >= 4 is 5.78 Å². The molecule has 0 saturated heterocycles. The van der Waals surface area contributed by atoms with Crippen LogP contribution in [0.2, 0.25) is 0 Å². The maximum Gasteiger partial charge on any atom is 0.149 e. The first-order valence-corrected chi connectivity index (χ1v) is 3.59. The van der Waals surface area contributed by atoms with Gasteiger partial charge in [0.25, 0.3) is 0 Å². The minimum absolute atomic E-state index is 0.146. The lowest BCUT2D eigenvalue weighted by Gasteiger charge is -2.02. The molecule has 1 fully saturated rings. The molecule has 52 valence electrons. The van der Waals surface area contributed by atoms with Gasteiger partial charge in [-0.25, -0.2) is 0 Å². The molecule has 0 bridgehead atoms. The van der Waals surface area contributed by atoms with Gasteiger partial charge in [0.15, 0.2) is 0 Å². The average Bonchev–Trinajstić information content (AvgIpc) is 1.99. The molecular weight excluding hydrogens is 114 g/mol. The highest BCUT2D eigenvalue weighted by atomic mass is 16.1. The molecule has 1 saturated carbocycles. The largest absolute Gasteiger partial charge is 0.322 e. The molecule has 0 heterocycles. The maximum absolute atomic E-state index is 10.9. The molecule has 0 aliphatic heterocycles. The highest BCUT2D eigenvalue weighted by Crippen LogP contribution is 2.12. The van der Waals surface area contributed by atoms with E-state index >= 15 is 0 Å². The van der Waals surface area contributed by atoms with Crippen LogP contribution in [0.1, 0.15) is 32.1 Å². The highest BCUT2D eigenvalue weighted by Gasteiger charge is 2.15. The van der Waals surface area contributed by atoms with Crippen molar-refractivity contribution in [2.45, 2.75) is 38.1 Å². The van der Waals surface area contributed by atoms with E-state index in [9.17, 15) is 4.79 Å². The number of nitrogens with two attached hydrogens (primary N) is 1. The van der Waals surface area contributed by atoms with E-state index in [0.29, 0.717) is 6.42 Å². The molecule has 1 aliphatic rings. The first-order valence-electron chi connectivity index (χ1n) is 3.59. The van der Waals surface area contributed by atoms with Crippen molar-refractivity contribution in [3.8, 4) is 0 Å². The van der Waals surface area contributed by atoms with Gasteiger partial charge in [-0.05, 0) is 12.8 Å². The molecule has 2 heteroatoms. The van der Waals surface area contributed by atoms with E-state index in [2.05, 4.69) is 0 Å². The van der Waals surface area contributed by atoms with Crippen molar-refractivity contribution in [3.05, 3.63) is 0 Å². The van der Waals surface area contributed by atoms with Gasteiger partial charge in [0, 0.05) is 6.42 Å². The quantitative estimate of drug-likeness (QED) is 0.490. The van der Waals surface area contributed by atoms with Gasteiger partial charge in [0.05, 0.1) is 6.04 Å².